The molecular formula is C22H22N6S. The zero-order valence-corrected chi connectivity index (χ0v) is 17.4. The molecule has 2 aromatic heterocycles. The molecule has 0 saturated carbocycles. The van der Waals surface area contributed by atoms with E-state index in [0.29, 0.717) is 10.6 Å². The van der Waals surface area contributed by atoms with Crippen molar-refractivity contribution >= 4 is 18.4 Å². The van der Waals surface area contributed by atoms with Crippen LogP contribution in [0.2, 0.25) is 0 Å². The standard InChI is InChI=1S/C22H22N6S/c1-15-9-7-8-12-19(15)21-24-25-22(29)28(21)23-13-20-16(2)26-27(17(20)3)14-18-10-5-4-6-11-18/h4-13H,14H2,1-3H3,(H,25,29)/b23-13+. The summed E-state index contributed by atoms with van der Waals surface area (Å²) in [6.07, 6.45) is 1.81. The third-order valence-corrected chi connectivity index (χ3v) is 5.22. The summed E-state index contributed by atoms with van der Waals surface area (Å²) >= 11 is 5.40. The second kappa shape index (κ2) is 7.97. The number of hydrogen-bond donors (Lipinski definition) is 1. The van der Waals surface area contributed by atoms with Gasteiger partial charge in [0, 0.05) is 16.8 Å². The summed E-state index contributed by atoms with van der Waals surface area (Å²) in [5, 5.41) is 16.5. The first-order valence-electron chi connectivity index (χ1n) is 9.40. The van der Waals surface area contributed by atoms with E-state index < -0.39 is 0 Å². The van der Waals surface area contributed by atoms with Gasteiger partial charge in [0.25, 0.3) is 0 Å². The van der Waals surface area contributed by atoms with Crippen LogP contribution in [-0.4, -0.2) is 30.9 Å². The van der Waals surface area contributed by atoms with Crippen molar-refractivity contribution in [2.24, 2.45) is 5.10 Å². The maximum atomic E-state index is 5.40. The molecule has 2 aromatic carbocycles. The van der Waals surface area contributed by atoms with Crippen molar-refractivity contribution in [1.29, 1.82) is 0 Å². The molecule has 0 aliphatic carbocycles. The van der Waals surface area contributed by atoms with E-state index >= 15 is 0 Å². The Labute approximate surface area is 174 Å². The topological polar surface area (TPSA) is 63.8 Å². The minimum Gasteiger partial charge on any atom is -0.265 e. The van der Waals surface area contributed by atoms with Gasteiger partial charge in [0.2, 0.25) is 4.77 Å². The van der Waals surface area contributed by atoms with Gasteiger partial charge in [-0.1, -0.05) is 54.6 Å². The van der Waals surface area contributed by atoms with Crippen LogP contribution in [0.5, 0.6) is 0 Å². The lowest BCUT2D eigenvalue weighted by molar-refractivity contribution is 0.659. The van der Waals surface area contributed by atoms with E-state index in [0.717, 1.165) is 34.6 Å². The Hall–Kier alpha value is -3.32. The Morgan fingerprint density at radius 3 is 2.52 bits per heavy atom. The first kappa shape index (κ1) is 19.0. The predicted octanol–water partition coefficient (Wildman–Crippen LogP) is 4.66. The fourth-order valence-electron chi connectivity index (χ4n) is 3.32. The number of nitrogens with one attached hydrogen (secondary N) is 1. The van der Waals surface area contributed by atoms with E-state index in [-0.39, 0.29) is 0 Å². The Kier molecular flexibility index (Phi) is 5.22. The van der Waals surface area contributed by atoms with Crippen LogP contribution in [0.25, 0.3) is 11.4 Å². The lowest BCUT2D eigenvalue weighted by atomic mass is 10.1. The van der Waals surface area contributed by atoms with Gasteiger partial charge in [-0.25, -0.2) is 5.10 Å². The molecule has 146 valence electrons. The van der Waals surface area contributed by atoms with Gasteiger partial charge >= 0.3 is 0 Å². The Bertz CT molecular complexity index is 1230. The molecule has 29 heavy (non-hydrogen) atoms. The summed E-state index contributed by atoms with van der Waals surface area (Å²) in [6.45, 7) is 6.82. The van der Waals surface area contributed by atoms with Crippen molar-refractivity contribution in [2.75, 3.05) is 0 Å². The van der Waals surface area contributed by atoms with Crippen LogP contribution in [0.3, 0.4) is 0 Å². The van der Waals surface area contributed by atoms with Crippen molar-refractivity contribution in [2.45, 2.75) is 27.3 Å². The molecule has 2 heterocycles. The largest absolute Gasteiger partial charge is 0.265 e. The molecular weight excluding hydrogens is 380 g/mol. The Morgan fingerprint density at radius 1 is 1.03 bits per heavy atom. The molecule has 4 rings (SSSR count). The summed E-state index contributed by atoms with van der Waals surface area (Å²) in [5.41, 5.74) is 6.28. The van der Waals surface area contributed by atoms with Gasteiger partial charge in [-0.15, -0.1) is 0 Å². The second-order valence-electron chi connectivity index (χ2n) is 6.95. The molecule has 0 aliphatic heterocycles. The zero-order valence-electron chi connectivity index (χ0n) is 16.6. The molecule has 4 aromatic rings. The number of aromatic amines is 1. The minimum absolute atomic E-state index is 0.450. The fourth-order valence-corrected chi connectivity index (χ4v) is 3.50. The first-order chi connectivity index (χ1) is 14.0. The average molecular weight is 403 g/mol. The Morgan fingerprint density at radius 2 is 1.76 bits per heavy atom. The molecule has 0 atom stereocenters. The molecule has 0 spiro atoms. The van der Waals surface area contributed by atoms with Gasteiger partial charge in [-0.3, -0.25) is 4.68 Å². The molecule has 1 N–H and O–H groups in total. The summed E-state index contributed by atoms with van der Waals surface area (Å²) in [4.78, 5) is 0. The van der Waals surface area contributed by atoms with E-state index in [9.17, 15) is 0 Å². The van der Waals surface area contributed by atoms with E-state index in [4.69, 9.17) is 12.2 Å². The lowest BCUT2D eigenvalue weighted by Crippen LogP contribution is -2.04. The van der Waals surface area contributed by atoms with Crippen LogP contribution in [0.1, 0.15) is 28.1 Å². The van der Waals surface area contributed by atoms with Crippen LogP contribution >= 0.6 is 12.2 Å². The number of H-pyrrole nitrogens is 1. The number of aryl methyl sites for hydroxylation is 2. The van der Waals surface area contributed by atoms with Gasteiger partial charge in [-0.05, 0) is 44.1 Å². The molecule has 0 saturated heterocycles. The average Bonchev–Trinajstić information content (AvgIpc) is 3.21. The number of benzene rings is 2. The van der Waals surface area contributed by atoms with Crippen LogP contribution in [0, 0.1) is 25.5 Å². The highest BCUT2D eigenvalue weighted by Gasteiger charge is 2.13. The maximum absolute atomic E-state index is 5.40. The highest BCUT2D eigenvalue weighted by Crippen LogP contribution is 2.21. The smallest absolute Gasteiger partial charge is 0.216 e. The SMILES string of the molecule is Cc1ccccc1-c1n[nH]c(=S)n1/N=C/c1c(C)nn(Cc2ccccc2)c1C. The van der Waals surface area contributed by atoms with Crippen LogP contribution in [0.4, 0.5) is 0 Å². The molecule has 0 fully saturated rings. The van der Waals surface area contributed by atoms with Gasteiger partial charge in [-0.2, -0.15) is 20.0 Å². The van der Waals surface area contributed by atoms with Crippen molar-refractivity contribution in [3.63, 3.8) is 0 Å². The predicted molar refractivity (Wildman–Crippen MR) is 118 cm³/mol. The molecule has 0 amide bonds. The molecule has 0 aliphatic rings. The number of rotatable bonds is 5. The monoisotopic (exact) mass is 402 g/mol. The number of nitrogens with zero attached hydrogens (tertiary/aromatic N) is 5. The van der Waals surface area contributed by atoms with Crippen molar-refractivity contribution < 1.29 is 0 Å². The molecule has 6 nitrogen and oxygen atoms in total. The van der Waals surface area contributed by atoms with Gasteiger partial charge in [0.1, 0.15) is 0 Å². The zero-order chi connectivity index (χ0) is 20.4. The van der Waals surface area contributed by atoms with Gasteiger partial charge in [0.15, 0.2) is 5.82 Å². The highest BCUT2D eigenvalue weighted by atomic mass is 32.1. The summed E-state index contributed by atoms with van der Waals surface area (Å²) < 4.78 is 4.11. The number of hydrogen-bond acceptors (Lipinski definition) is 4. The summed E-state index contributed by atoms with van der Waals surface area (Å²) in [5.74, 6) is 0.691. The second-order valence-corrected chi connectivity index (χ2v) is 7.34. The lowest BCUT2D eigenvalue weighted by Gasteiger charge is -2.05. The van der Waals surface area contributed by atoms with Crippen molar-refractivity contribution in [3.8, 4) is 11.4 Å². The van der Waals surface area contributed by atoms with Crippen LogP contribution in [-0.2, 0) is 6.54 Å². The van der Waals surface area contributed by atoms with Crippen LogP contribution in [0.15, 0.2) is 59.7 Å². The molecule has 0 radical (unpaired) electrons. The third kappa shape index (κ3) is 3.82. The maximum Gasteiger partial charge on any atom is 0.216 e. The van der Waals surface area contributed by atoms with Crippen molar-refractivity contribution in [1.82, 2.24) is 24.7 Å². The van der Waals surface area contributed by atoms with Crippen molar-refractivity contribution in [3.05, 3.63) is 87.4 Å². The summed E-state index contributed by atoms with van der Waals surface area (Å²) in [7, 11) is 0. The van der Waals surface area contributed by atoms with E-state index in [1.165, 1.54) is 5.56 Å². The minimum atomic E-state index is 0.450. The molecule has 7 heteroatoms. The Balaban J connectivity index is 1.68. The highest BCUT2D eigenvalue weighted by molar-refractivity contribution is 7.71. The molecule has 0 unspecified atom stereocenters. The molecule has 0 bridgehead atoms. The van der Waals surface area contributed by atoms with E-state index in [2.05, 4.69) is 39.5 Å². The third-order valence-electron chi connectivity index (χ3n) is 4.95. The normalized spacial score (nSPS) is 11.4. The summed E-state index contributed by atoms with van der Waals surface area (Å²) in [6, 6.07) is 18.3. The quantitative estimate of drug-likeness (QED) is 0.390. The first-order valence-corrected chi connectivity index (χ1v) is 9.81. The van der Waals surface area contributed by atoms with Gasteiger partial charge < -0.3 is 0 Å². The number of aromatic nitrogens is 5. The van der Waals surface area contributed by atoms with E-state index in [1.807, 2.05) is 67.2 Å². The fraction of sp³-hybridized carbons (Fsp3) is 0.182. The van der Waals surface area contributed by atoms with Gasteiger partial charge in [0.05, 0.1) is 18.5 Å². The van der Waals surface area contributed by atoms with E-state index in [1.54, 1.807) is 4.68 Å². The van der Waals surface area contributed by atoms with Crippen LogP contribution < -0.4 is 0 Å².